The predicted octanol–water partition coefficient (Wildman–Crippen LogP) is 2.91. The zero-order valence-electron chi connectivity index (χ0n) is 10.5. The van der Waals surface area contributed by atoms with Crippen LogP contribution in [0.25, 0.3) is 11.0 Å². The molecule has 0 bridgehead atoms. The number of hydrogen-bond donors (Lipinski definition) is 1. The minimum Gasteiger partial charge on any atom is -0.382 e. The number of nitrogens with zero attached hydrogens (tertiary/aromatic N) is 2. The lowest BCUT2D eigenvalue weighted by molar-refractivity contribution is -0.207. The summed E-state index contributed by atoms with van der Waals surface area (Å²) in [6, 6.07) is 7.00. The van der Waals surface area contributed by atoms with Gasteiger partial charge in [0.2, 0.25) is 0 Å². The van der Waals surface area contributed by atoms with E-state index in [0.717, 1.165) is 6.42 Å². The summed E-state index contributed by atoms with van der Waals surface area (Å²) in [7, 11) is 0. The predicted molar refractivity (Wildman–Crippen MR) is 65.8 cm³/mol. The van der Waals surface area contributed by atoms with Gasteiger partial charge in [0.15, 0.2) is 6.10 Å². The van der Waals surface area contributed by atoms with Crippen molar-refractivity contribution < 1.29 is 18.3 Å². The molecule has 0 saturated heterocycles. The number of aliphatic hydroxyl groups excluding tert-OH is 1. The first kappa shape index (κ1) is 13.9. The fourth-order valence-electron chi connectivity index (χ4n) is 2.02. The molecule has 1 atom stereocenters. The molecule has 1 unspecified atom stereocenters. The third-order valence-corrected chi connectivity index (χ3v) is 2.94. The monoisotopic (exact) mass is 272 g/mol. The maximum atomic E-state index is 12.5. The third kappa shape index (κ3) is 2.89. The van der Waals surface area contributed by atoms with Crippen LogP contribution < -0.4 is 0 Å². The molecule has 0 saturated carbocycles. The van der Waals surface area contributed by atoms with Gasteiger partial charge in [0.1, 0.15) is 5.82 Å². The molecule has 0 aliphatic carbocycles. The molecular weight excluding hydrogens is 257 g/mol. The molecule has 0 radical (unpaired) electrons. The van der Waals surface area contributed by atoms with Crippen molar-refractivity contribution in [2.24, 2.45) is 0 Å². The second-order valence-corrected chi connectivity index (χ2v) is 4.43. The summed E-state index contributed by atoms with van der Waals surface area (Å²) in [6.45, 7) is 1.42. The lowest BCUT2D eigenvalue weighted by atomic mass is 10.2. The Morgan fingerprint density at radius 1 is 1.32 bits per heavy atom. The summed E-state index contributed by atoms with van der Waals surface area (Å²) >= 11 is 0. The van der Waals surface area contributed by atoms with E-state index in [0.29, 0.717) is 23.3 Å². The van der Waals surface area contributed by atoms with Crippen LogP contribution in [0.15, 0.2) is 24.3 Å². The minimum atomic E-state index is -4.62. The first-order chi connectivity index (χ1) is 8.93. The Kier molecular flexibility index (Phi) is 3.80. The highest BCUT2D eigenvalue weighted by atomic mass is 19.4. The molecule has 3 nitrogen and oxygen atoms in total. The summed E-state index contributed by atoms with van der Waals surface area (Å²) in [5.74, 6) is 0.576. The van der Waals surface area contributed by atoms with E-state index in [9.17, 15) is 18.3 Å². The maximum absolute atomic E-state index is 12.5. The molecule has 1 N–H and O–H groups in total. The molecule has 2 aromatic rings. The van der Waals surface area contributed by atoms with Crippen molar-refractivity contribution >= 4 is 11.0 Å². The number of aliphatic hydroxyl groups is 1. The number of aromatic nitrogens is 2. The van der Waals surface area contributed by atoms with Crippen molar-refractivity contribution in [3.8, 4) is 0 Å². The Balaban J connectivity index is 2.41. The van der Waals surface area contributed by atoms with Gasteiger partial charge in [-0.2, -0.15) is 13.2 Å². The molecule has 0 fully saturated rings. The van der Waals surface area contributed by atoms with Gasteiger partial charge >= 0.3 is 6.18 Å². The highest BCUT2D eigenvalue weighted by molar-refractivity contribution is 5.75. The van der Waals surface area contributed by atoms with Crippen LogP contribution in [0.5, 0.6) is 0 Å². The summed E-state index contributed by atoms with van der Waals surface area (Å²) in [5, 5.41) is 9.24. The van der Waals surface area contributed by atoms with Crippen LogP contribution in [0.1, 0.15) is 19.2 Å². The molecule has 6 heteroatoms. The first-order valence-corrected chi connectivity index (χ1v) is 6.12. The Hall–Kier alpha value is -1.56. The van der Waals surface area contributed by atoms with Crippen molar-refractivity contribution in [2.75, 3.05) is 0 Å². The van der Waals surface area contributed by atoms with Gasteiger partial charge in [0.05, 0.1) is 17.6 Å². The zero-order valence-corrected chi connectivity index (χ0v) is 10.5. The van der Waals surface area contributed by atoms with Crippen LogP contribution in [0, 0.1) is 0 Å². The fourth-order valence-corrected chi connectivity index (χ4v) is 2.02. The molecule has 19 heavy (non-hydrogen) atoms. The van der Waals surface area contributed by atoms with Gasteiger partial charge in [-0.25, -0.2) is 4.98 Å². The standard InChI is InChI=1S/C13H15F3N2O/c1-2-5-12-17-9-6-3-4-7-10(9)18(12)8-11(19)13(14,15)16/h3-4,6-7,11,19H,2,5,8H2,1H3. The van der Waals surface area contributed by atoms with Gasteiger partial charge in [-0.15, -0.1) is 0 Å². The fraction of sp³-hybridized carbons (Fsp3) is 0.462. The summed E-state index contributed by atoms with van der Waals surface area (Å²) < 4.78 is 38.9. The van der Waals surface area contributed by atoms with E-state index in [2.05, 4.69) is 4.98 Å². The molecule has 1 heterocycles. The van der Waals surface area contributed by atoms with Gasteiger partial charge in [0.25, 0.3) is 0 Å². The highest BCUT2D eigenvalue weighted by Gasteiger charge is 2.38. The SMILES string of the molecule is CCCc1nc2ccccc2n1CC(O)C(F)(F)F. The Labute approximate surface area is 108 Å². The summed E-state index contributed by atoms with van der Waals surface area (Å²) in [5.41, 5.74) is 1.27. The van der Waals surface area contributed by atoms with Gasteiger partial charge in [-0.3, -0.25) is 0 Å². The first-order valence-electron chi connectivity index (χ1n) is 6.12. The second-order valence-electron chi connectivity index (χ2n) is 4.43. The average molecular weight is 272 g/mol. The number of para-hydroxylation sites is 2. The van der Waals surface area contributed by atoms with Crippen LogP contribution in [0.4, 0.5) is 13.2 Å². The van der Waals surface area contributed by atoms with Crippen LogP contribution in [-0.2, 0) is 13.0 Å². The van der Waals surface area contributed by atoms with E-state index >= 15 is 0 Å². The van der Waals surface area contributed by atoms with E-state index in [1.807, 2.05) is 6.92 Å². The van der Waals surface area contributed by atoms with E-state index < -0.39 is 18.8 Å². The maximum Gasteiger partial charge on any atom is 0.416 e. The van der Waals surface area contributed by atoms with Gasteiger partial charge in [-0.05, 0) is 18.6 Å². The van der Waals surface area contributed by atoms with Crippen molar-refractivity contribution in [2.45, 2.75) is 38.6 Å². The number of alkyl halides is 3. The van der Waals surface area contributed by atoms with Crippen molar-refractivity contribution in [1.82, 2.24) is 9.55 Å². The molecule has 104 valence electrons. The molecule has 1 aromatic carbocycles. The molecule has 1 aromatic heterocycles. The third-order valence-electron chi connectivity index (χ3n) is 2.94. The Morgan fingerprint density at radius 2 is 2.00 bits per heavy atom. The number of benzene rings is 1. The van der Waals surface area contributed by atoms with Crippen LogP contribution >= 0.6 is 0 Å². The number of hydrogen-bond acceptors (Lipinski definition) is 2. The van der Waals surface area contributed by atoms with Crippen LogP contribution in [-0.4, -0.2) is 26.9 Å². The van der Waals surface area contributed by atoms with Crippen LogP contribution in [0.2, 0.25) is 0 Å². The molecule has 0 spiro atoms. The van der Waals surface area contributed by atoms with Gasteiger partial charge in [-0.1, -0.05) is 19.1 Å². The normalized spacial score (nSPS) is 13.9. The van der Waals surface area contributed by atoms with Gasteiger partial charge in [0, 0.05) is 6.42 Å². The van der Waals surface area contributed by atoms with Crippen molar-refractivity contribution in [3.63, 3.8) is 0 Å². The molecule has 2 rings (SSSR count). The molecule has 0 amide bonds. The van der Waals surface area contributed by atoms with Crippen LogP contribution in [0.3, 0.4) is 0 Å². The number of fused-ring (bicyclic) bond motifs is 1. The topological polar surface area (TPSA) is 38.0 Å². The highest BCUT2D eigenvalue weighted by Crippen LogP contribution is 2.24. The zero-order chi connectivity index (χ0) is 14.0. The quantitative estimate of drug-likeness (QED) is 0.929. The number of aryl methyl sites for hydroxylation is 1. The van der Waals surface area contributed by atoms with Crippen molar-refractivity contribution in [3.05, 3.63) is 30.1 Å². The summed E-state index contributed by atoms with van der Waals surface area (Å²) in [4.78, 5) is 4.32. The van der Waals surface area contributed by atoms with E-state index in [-0.39, 0.29) is 0 Å². The minimum absolute atomic E-state index is 0.515. The van der Waals surface area contributed by atoms with Gasteiger partial charge < -0.3 is 9.67 Å². The van der Waals surface area contributed by atoms with E-state index in [1.165, 1.54) is 4.57 Å². The lowest BCUT2D eigenvalue weighted by Gasteiger charge is -2.17. The summed E-state index contributed by atoms with van der Waals surface area (Å²) in [6.07, 6.45) is -5.62. The largest absolute Gasteiger partial charge is 0.416 e. The molecular formula is C13H15F3N2O. The van der Waals surface area contributed by atoms with Crippen molar-refractivity contribution in [1.29, 1.82) is 0 Å². The molecule has 0 aliphatic heterocycles. The number of rotatable bonds is 4. The van der Waals surface area contributed by atoms with E-state index in [4.69, 9.17) is 0 Å². The lowest BCUT2D eigenvalue weighted by Crippen LogP contribution is -2.33. The smallest absolute Gasteiger partial charge is 0.382 e. The number of imidazole rings is 1. The Bertz CT molecular complexity index is 563. The average Bonchev–Trinajstić information content (AvgIpc) is 2.67. The molecule has 0 aliphatic rings. The number of halogens is 3. The Morgan fingerprint density at radius 3 is 2.63 bits per heavy atom. The van der Waals surface area contributed by atoms with E-state index in [1.54, 1.807) is 24.3 Å². The second kappa shape index (κ2) is 5.21.